The highest BCUT2D eigenvalue weighted by Gasteiger charge is 2.40. The van der Waals surface area contributed by atoms with Gasteiger partial charge in [-0.15, -0.1) is 0 Å². The minimum absolute atomic E-state index is 0.0387. The van der Waals surface area contributed by atoms with E-state index in [4.69, 9.17) is 9.47 Å². The number of benzene rings is 2. The fourth-order valence-electron chi connectivity index (χ4n) is 4.90. The van der Waals surface area contributed by atoms with Crippen LogP contribution in [-0.2, 0) is 19.1 Å². The number of carboxylic acids is 1. The van der Waals surface area contributed by atoms with Gasteiger partial charge in [0.05, 0.1) is 5.41 Å². The lowest BCUT2D eigenvalue weighted by molar-refractivity contribution is -0.154. The van der Waals surface area contributed by atoms with Crippen molar-refractivity contribution < 1.29 is 29.0 Å². The normalized spacial score (nSPS) is 17.1. The van der Waals surface area contributed by atoms with Crippen LogP contribution < -0.4 is 10.6 Å². The lowest BCUT2D eigenvalue weighted by Crippen LogP contribution is -2.47. The summed E-state index contributed by atoms with van der Waals surface area (Å²) in [6.45, 7) is 2.85. The summed E-state index contributed by atoms with van der Waals surface area (Å²) in [4.78, 5) is 36.8. The summed E-state index contributed by atoms with van der Waals surface area (Å²) in [7, 11) is 0. The summed E-state index contributed by atoms with van der Waals surface area (Å²) >= 11 is 0. The van der Waals surface area contributed by atoms with Crippen LogP contribution in [-0.4, -0.2) is 55.5 Å². The average Bonchev–Trinajstić information content (AvgIpc) is 3.20. The topological polar surface area (TPSA) is 114 Å². The second-order valence-electron chi connectivity index (χ2n) is 9.25. The molecule has 0 spiro atoms. The van der Waals surface area contributed by atoms with Crippen molar-refractivity contribution >= 4 is 18.0 Å². The first-order chi connectivity index (χ1) is 16.9. The first-order valence-corrected chi connectivity index (χ1v) is 12.1. The SMILES string of the molecule is CC[C@H](CC(=O)NCC1(C(=O)O)CCOCC1)NC(=O)OCC1c2ccccc2-c2ccccc21. The first kappa shape index (κ1) is 24.7. The van der Waals surface area contributed by atoms with Gasteiger partial charge in [-0.05, 0) is 41.5 Å². The first-order valence-electron chi connectivity index (χ1n) is 12.1. The molecule has 2 aliphatic rings. The summed E-state index contributed by atoms with van der Waals surface area (Å²) < 4.78 is 10.9. The molecular formula is C27H32N2O6. The number of ether oxygens (including phenoxy) is 2. The highest BCUT2D eigenvalue weighted by molar-refractivity contribution is 5.81. The van der Waals surface area contributed by atoms with E-state index in [-0.39, 0.29) is 31.4 Å². The van der Waals surface area contributed by atoms with Gasteiger partial charge >= 0.3 is 12.1 Å². The highest BCUT2D eigenvalue weighted by atomic mass is 16.5. The summed E-state index contributed by atoms with van der Waals surface area (Å²) in [5, 5.41) is 15.2. The Bertz CT molecular complexity index is 1030. The molecule has 1 aliphatic carbocycles. The number of carboxylic acid groups (broad SMARTS) is 1. The Hall–Kier alpha value is -3.39. The molecule has 0 aromatic heterocycles. The zero-order valence-electron chi connectivity index (χ0n) is 19.9. The van der Waals surface area contributed by atoms with Crippen molar-refractivity contribution in [3.63, 3.8) is 0 Å². The fraction of sp³-hybridized carbons (Fsp3) is 0.444. The minimum Gasteiger partial charge on any atom is -0.481 e. The van der Waals surface area contributed by atoms with E-state index in [1.54, 1.807) is 0 Å². The van der Waals surface area contributed by atoms with E-state index in [1.807, 2.05) is 31.2 Å². The van der Waals surface area contributed by atoms with E-state index in [0.717, 1.165) is 22.3 Å². The van der Waals surface area contributed by atoms with Gasteiger partial charge in [0.1, 0.15) is 6.61 Å². The maximum absolute atomic E-state index is 12.6. The van der Waals surface area contributed by atoms with Gasteiger partial charge in [-0.1, -0.05) is 55.5 Å². The van der Waals surface area contributed by atoms with E-state index >= 15 is 0 Å². The number of rotatable bonds is 9. The molecule has 2 amide bonds. The van der Waals surface area contributed by atoms with Crippen molar-refractivity contribution in [3.8, 4) is 11.1 Å². The molecule has 3 N–H and O–H groups in total. The van der Waals surface area contributed by atoms with Crippen LogP contribution in [0.15, 0.2) is 48.5 Å². The van der Waals surface area contributed by atoms with Crippen molar-refractivity contribution in [1.29, 1.82) is 0 Å². The molecule has 1 atom stereocenters. The number of hydrogen-bond donors (Lipinski definition) is 3. The summed E-state index contributed by atoms with van der Waals surface area (Å²) in [6, 6.07) is 15.8. The van der Waals surface area contributed by atoms with Crippen LogP contribution in [0.2, 0.25) is 0 Å². The molecule has 1 fully saturated rings. The molecular weight excluding hydrogens is 448 g/mol. The predicted octanol–water partition coefficient (Wildman–Crippen LogP) is 3.69. The summed E-state index contributed by atoms with van der Waals surface area (Å²) in [6.07, 6.45) is 0.732. The van der Waals surface area contributed by atoms with Gasteiger partial charge in [0, 0.05) is 38.1 Å². The number of nitrogens with one attached hydrogen (secondary N) is 2. The standard InChI is InChI=1S/C27H32N2O6/c1-2-18(15-24(30)28-17-27(25(31)32)11-13-34-14-12-27)29-26(33)35-16-23-21-9-5-3-7-19(21)20-8-4-6-10-22(20)23/h3-10,18,23H,2,11-17H2,1H3,(H,28,30)(H,29,33)(H,31,32)/t18-/m1/s1. The molecule has 1 saturated heterocycles. The quantitative estimate of drug-likeness (QED) is 0.504. The van der Waals surface area contributed by atoms with Crippen LogP contribution in [0.3, 0.4) is 0 Å². The third kappa shape index (κ3) is 5.48. The monoisotopic (exact) mass is 480 g/mol. The van der Waals surface area contributed by atoms with Gasteiger partial charge in [0.15, 0.2) is 0 Å². The average molecular weight is 481 g/mol. The molecule has 186 valence electrons. The van der Waals surface area contributed by atoms with Crippen molar-refractivity contribution in [1.82, 2.24) is 10.6 Å². The van der Waals surface area contributed by atoms with Gasteiger partial charge in [-0.3, -0.25) is 9.59 Å². The number of hydrogen-bond acceptors (Lipinski definition) is 5. The van der Waals surface area contributed by atoms with Crippen LogP contribution in [0.1, 0.15) is 49.7 Å². The molecule has 0 bridgehead atoms. The van der Waals surface area contributed by atoms with Crippen LogP contribution >= 0.6 is 0 Å². The molecule has 35 heavy (non-hydrogen) atoms. The Morgan fingerprint density at radius 2 is 1.66 bits per heavy atom. The Morgan fingerprint density at radius 3 is 2.23 bits per heavy atom. The summed E-state index contributed by atoms with van der Waals surface area (Å²) in [5.74, 6) is -1.27. The molecule has 2 aromatic rings. The molecule has 0 radical (unpaired) electrons. The highest BCUT2D eigenvalue weighted by Crippen LogP contribution is 2.44. The number of alkyl carbamates (subject to hydrolysis) is 1. The van der Waals surface area contributed by atoms with Crippen molar-refractivity contribution in [3.05, 3.63) is 59.7 Å². The number of carbonyl (C=O) groups is 3. The lowest BCUT2D eigenvalue weighted by atomic mass is 9.80. The van der Waals surface area contributed by atoms with E-state index in [2.05, 4.69) is 34.9 Å². The van der Waals surface area contributed by atoms with Crippen LogP contribution in [0.4, 0.5) is 4.79 Å². The molecule has 1 heterocycles. The van der Waals surface area contributed by atoms with Crippen molar-refractivity contribution in [2.24, 2.45) is 5.41 Å². The zero-order valence-corrected chi connectivity index (χ0v) is 19.9. The molecule has 0 unspecified atom stereocenters. The Morgan fingerprint density at radius 1 is 1.06 bits per heavy atom. The number of amides is 2. The molecule has 0 saturated carbocycles. The van der Waals surface area contributed by atoms with Crippen LogP contribution in [0.5, 0.6) is 0 Å². The van der Waals surface area contributed by atoms with Gasteiger partial charge in [-0.25, -0.2) is 4.79 Å². The maximum atomic E-state index is 12.6. The lowest BCUT2D eigenvalue weighted by Gasteiger charge is -2.33. The predicted molar refractivity (Wildman–Crippen MR) is 130 cm³/mol. The fourth-order valence-corrected chi connectivity index (χ4v) is 4.90. The Labute approximate surface area is 205 Å². The molecule has 2 aromatic carbocycles. The third-order valence-electron chi connectivity index (χ3n) is 7.12. The van der Waals surface area contributed by atoms with E-state index in [1.165, 1.54) is 0 Å². The second kappa shape index (κ2) is 10.9. The van der Waals surface area contributed by atoms with E-state index in [9.17, 15) is 19.5 Å². The van der Waals surface area contributed by atoms with Gasteiger partial charge in [-0.2, -0.15) is 0 Å². The van der Waals surface area contributed by atoms with Crippen molar-refractivity contribution in [2.75, 3.05) is 26.4 Å². The number of fused-ring (bicyclic) bond motifs is 3. The van der Waals surface area contributed by atoms with Gasteiger partial charge in [0.25, 0.3) is 0 Å². The smallest absolute Gasteiger partial charge is 0.407 e. The third-order valence-corrected chi connectivity index (χ3v) is 7.12. The van der Waals surface area contributed by atoms with Gasteiger partial charge < -0.3 is 25.2 Å². The zero-order chi connectivity index (χ0) is 24.8. The molecule has 8 heteroatoms. The Balaban J connectivity index is 1.29. The molecule has 8 nitrogen and oxygen atoms in total. The summed E-state index contributed by atoms with van der Waals surface area (Å²) in [5.41, 5.74) is 3.57. The van der Waals surface area contributed by atoms with Crippen molar-refractivity contribution in [2.45, 2.75) is 44.6 Å². The molecule has 4 rings (SSSR count). The minimum atomic E-state index is -1.00. The Kier molecular flexibility index (Phi) is 7.70. The largest absolute Gasteiger partial charge is 0.481 e. The van der Waals surface area contributed by atoms with Gasteiger partial charge in [0.2, 0.25) is 5.91 Å². The second-order valence-corrected chi connectivity index (χ2v) is 9.25. The number of carbonyl (C=O) groups excluding carboxylic acids is 2. The number of aliphatic carboxylic acids is 1. The maximum Gasteiger partial charge on any atom is 0.407 e. The van der Waals surface area contributed by atoms with Crippen LogP contribution in [0.25, 0.3) is 11.1 Å². The molecule has 1 aliphatic heterocycles. The van der Waals surface area contributed by atoms with Crippen LogP contribution in [0, 0.1) is 5.41 Å². The van der Waals surface area contributed by atoms with E-state index < -0.39 is 23.5 Å². The van der Waals surface area contributed by atoms with E-state index in [0.29, 0.717) is 32.5 Å².